The summed E-state index contributed by atoms with van der Waals surface area (Å²) in [6.45, 7) is 3.88. The molecule has 1 nitrogen and oxygen atoms in total. The smallest absolute Gasteiger partial charge is 0.167 e. The van der Waals surface area contributed by atoms with Crippen molar-refractivity contribution in [2.75, 3.05) is 0 Å². The van der Waals surface area contributed by atoms with Crippen LogP contribution in [0.3, 0.4) is 0 Å². The zero-order chi connectivity index (χ0) is 14.0. The van der Waals surface area contributed by atoms with Gasteiger partial charge in [0.05, 0.1) is 0 Å². The molecule has 2 aromatic rings. The molecule has 0 aliphatic carbocycles. The SMILES string of the molecule is Cc1cc(C(=O)Cc2ccc(F)cc2)c(C)cc1Br. The Morgan fingerprint density at radius 3 is 2.37 bits per heavy atom. The molecule has 0 unspecified atom stereocenters. The highest BCUT2D eigenvalue weighted by molar-refractivity contribution is 9.10. The molecule has 0 spiro atoms. The summed E-state index contributed by atoms with van der Waals surface area (Å²) in [7, 11) is 0. The number of rotatable bonds is 3. The van der Waals surface area contributed by atoms with E-state index in [0.717, 1.165) is 26.7 Å². The van der Waals surface area contributed by atoms with Crippen LogP contribution in [0.25, 0.3) is 0 Å². The third-order valence-corrected chi connectivity index (χ3v) is 3.94. The number of benzene rings is 2. The molecular weight excluding hydrogens is 307 g/mol. The van der Waals surface area contributed by atoms with Crippen molar-refractivity contribution in [3.63, 3.8) is 0 Å². The van der Waals surface area contributed by atoms with Gasteiger partial charge in [0.1, 0.15) is 5.82 Å². The van der Waals surface area contributed by atoms with Crippen molar-refractivity contribution < 1.29 is 9.18 Å². The maximum absolute atomic E-state index is 12.8. The summed E-state index contributed by atoms with van der Waals surface area (Å²) in [6, 6.07) is 9.89. The number of carbonyl (C=O) groups excluding carboxylic acids is 1. The number of ketones is 1. The van der Waals surface area contributed by atoms with E-state index in [1.54, 1.807) is 12.1 Å². The average molecular weight is 321 g/mol. The first-order valence-electron chi connectivity index (χ1n) is 6.02. The maximum atomic E-state index is 12.8. The van der Waals surface area contributed by atoms with Crippen LogP contribution in [0.2, 0.25) is 0 Å². The maximum Gasteiger partial charge on any atom is 0.167 e. The molecule has 0 aromatic heterocycles. The predicted octanol–water partition coefficient (Wildman–Crippen LogP) is 4.63. The summed E-state index contributed by atoms with van der Waals surface area (Å²) < 4.78 is 13.8. The molecule has 0 saturated carbocycles. The molecule has 0 aliphatic heterocycles. The zero-order valence-electron chi connectivity index (χ0n) is 10.8. The monoisotopic (exact) mass is 320 g/mol. The first kappa shape index (κ1) is 13.9. The molecule has 0 fully saturated rings. The number of halogens is 2. The van der Waals surface area contributed by atoms with E-state index in [1.165, 1.54) is 12.1 Å². The lowest BCUT2D eigenvalue weighted by atomic mass is 9.97. The van der Waals surface area contributed by atoms with Gasteiger partial charge in [0.25, 0.3) is 0 Å². The van der Waals surface area contributed by atoms with Crippen LogP contribution in [0, 0.1) is 19.7 Å². The van der Waals surface area contributed by atoms with Gasteiger partial charge in [-0.25, -0.2) is 4.39 Å². The molecule has 19 heavy (non-hydrogen) atoms. The molecule has 0 radical (unpaired) electrons. The minimum atomic E-state index is -0.285. The first-order chi connectivity index (χ1) is 8.97. The Morgan fingerprint density at radius 2 is 1.74 bits per heavy atom. The topological polar surface area (TPSA) is 17.1 Å². The largest absolute Gasteiger partial charge is 0.294 e. The third-order valence-electron chi connectivity index (χ3n) is 3.08. The van der Waals surface area contributed by atoms with Crippen LogP contribution in [-0.4, -0.2) is 5.78 Å². The van der Waals surface area contributed by atoms with Crippen LogP contribution < -0.4 is 0 Å². The summed E-state index contributed by atoms with van der Waals surface area (Å²) in [5.41, 5.74) is 3.54. The summed E-state index contributed by atoms with van der Waals surface area (Å²) in [5, 5.41) is 0. The second-order valence-electron chi connectivity index (χ2n) is 4.64. The van der Waals surface area contributed by atoms with E-state index in [2.05, 4.69) is 15.9 Å². The number of aryl methyl sites for hydroxylation is 2. The van der Waals surface area contributed by atoms with Gasteiger partial charge in [0.2, 0.25) is 0 Å². The van der Waals surface area contributed by atoms with Gasteiger partial charge in [-0.3, -0.25) is 4.79 Å². The van der Waals surface area contributed by atoms with E-state index < -0.39 is 0 Å². The summed E-state index contributed by atoms with van der Waals surface area (Å²) in [5.74, 6) is -0.230. The van der Waals surface area contributed by atoms with Crippen molar-refractivity contribution in [2.45, 2.75) is 20.3 Å². The molecule has 3 heteroatoms. The number of hydrogen-bond donors (Lipinski definition) is 0. The van der Waals surface area contributed by atoms with Gasteiger partial charge in [0.15, 0.2) is 5.78 Å². The Balaban J connectivity index is 2.25. The second-order valence-corrected chi connectivity index (χ2v) is 5.50. The fourth-order valence-electron chi connectivity index (χ4n) is 1.96. The van der Waals surface area contributed by atoms with E-state index in [9.17, 15) is 9.18 Å². The molecule has 0 N–H and O–H groups in total. The Hall–Kier alpha value is -1.48. The highest BCUT2D eigenvalue weighted by atomic mass is 79.9. The zero-order valence-corrected chi connectivity index (χ0v) is 12.4. The Bertz CT molecular complexity index is 617. The van der Waals surface area contributed by atoms with Crippen LogP contribution in [0.5, 0.6) is 0 Å². The van der Waals surface area contributed by atoms with E-state index in [4.69, 9.17) is 0 Å². The van der Waals surface area contributed by atoms with Crippen molar-refractivity contribution in [3.8, 4) is 0 Å². The van der Waals surface area contributed by atoms with Gasteiger partial charge in [0, 0.05) is 16.5 Å². The first-order valence-corrected chi connectivity index (χ1v) is 6.81. The van der Waals surface area contributed by atoms with Crippen LogP contribution in [-0.2, 0) is 6.42 Å². The fourth-order valence-corrected chi connectivity index (χ4v) is 2.42. The molecule has 98 valence electrons. The van der Waals surface area contributed by atoms with Crippen LogP contribution in [0.1, 0.15) is 27.0 Å². The van der Waals surface area contributed by atoms with Gasteiger partial charge in [-0.05, 0) is 54.8 Å². The fraction of sp³-hybridized carbons (Fsp3) is 0.188. The normalized spacial score (nSPS) is 10.5. The van der Waals surface area contributed by atoms with E-state index in [-0.39, 0.29) is 11.6 Å². The van der Waals surface area contributed by atoms with Crippen LogP contribution in [0.15, 0.2) is 40.9 Å². The Labute approximate surface area is 120 Å². The lowest BCUT2D eigenvalue weighted by Gasteiger charge is -2.08. The van der Waals surface area contributed by atoms with E-state index in [1.807, 2.05) is 26.0 Å². The second kappa shape index (κ2) is 5.66. The quantitative estimate of drug-likeness (QED) is 0.753. The predicted molar refractivity (Wildman–Crippen MR) is 78.1 cm³/mol. The lowest BCUT2D eigenvalue weighted by molar-refractivity contribution is 0.0992. The standard InChI is InChI=1S/C16H14BrFO/c1-10-8-15(17)11(2)7-14(10)16(19)9-12-3-5-13(18)6-4-12/h3-8H,9H2,1-2H3. The number of Topliss-reactive ketones (excluding diaryl/α,β-unsaturated/α-hetero) is 1. The van der Waals surface area contributed by atoms with Crippen molar-refractivity contribution in [2.24, 2.45) is 0 Å². The molecule has 2 aromatic carbocycles. The number of carbonyl (C=O) groups is 1. The molecule has 0 heterocycles. The van der Waals surface area contributed by atoms with Crippen molar-refractivity contribution in [1.29, 1.82) is 0 Å². The Morgan fingerprint density at radius 1 is 1.11 bits per heavy atom. The molecule has 2 rings (SSSR count). The van der Waals surface area contributed by atoms with Gasteiger partial charge < -0.3 is 0 Å². The molecule has 0 atom stereocenters. The van der Waals surface area contributed by atoms with Crippen LogP contribution >= 0.6 is 15.9 Å². The van der Waals surface area contributed by atoms with Gasteiger partial charge in [-0.2, -0.15) is 0 Å². The molecule has 0 amide bonds. The highest BCUT2D eigenvalue weighted by Crippen LogP contribution is 2.22. The van der Waals surface area contributed by atoms with E-state index in [0.29, 0.717) is 6.42 Å². The van der Waals surface area contributed by atoms with E-state index >= 15 is 0 Å². The van der Waals surface area contributed by atoms with Crippen molar-refractivity contribution in [3.05, 3.63) is 68.9 Å². The van der Waals surface area contributed by atoms with Gasteiger partial charge in [-0.15, -0.1) is 0 Å². The Kier molecular flexibility index (Phi) is 4.15. The minimum absolute atomic E-state index is 0.0553. The molecule has 0 bridgehead atoms. The molecule has 0 saturated heterocycles. The summed E-state index contributed by atoms with van der Waals surface area (Å²) >= 11 is 3.45. The summed E-state index contributed by atoms with van der Waals surface area (Å²) in [6.07, 6.45) is 0.294. The average Bonchev–Trinajstić information content (AvgIpc) is 2.36. The minimum Gasteiger partial charge on any atom is -0.294 e. The van der Waals surface area contributed by atoms with Gasteiger partial charge >= 0.3 is 0 Å². The van der Waals surface area contributed by atoms with Crippen molar-refractivity contribution in [1.82, 2.24) is 0 Å². The van der Waals surface area contributed by atoms with Crippen LogP contribution in [0.4, 0.5) is 4.39 Å². The van der Waals surface area contributed by atoms with Gasteiger partial charge in [-0.1, -0.05) is 28.1 Å². The third kappa shape index (κ3) is 3.29. The molecule has 0 aliphatic rings. The molecular formula is C16H14BrFO. The number of hydrogen-bond acceptors (Lipinski definition) is 1. The van der Waals surface area contributed by atoms with Crippen molar-refractivity contribution >= 4 is 21.7 Å². The summed E-state index contributed by atoms with van der Waals surface area (Å²) in [4.78, 5) is 12.3. The highest BCUT2D eigenvalue weighted by Gasteiger charge is 2.12. The lowest BCUT2D eigenvalue weighted by Crippen LogP contribution is -2.06.